The van der Waals surface area contributed by atoms with Gasteiger partial charge in [-0.25, -0.2) is 4.79 Å². The van der Waals surface area contributed by atoms with Gasteiger partial charge < -0.3 is 9.14 Å². The Morgan fingerprint density at radius 1 is 1.23 bits per heavy atom. The molecule has 2 heterocycles. The van der Waals surface area contributed by atoms with Crippen LogP contribution in [0, 0.1) is 11.3 Å². The molecule has 0 aliphatic heterocycles. The summed E-state index contributed by atoms with van der Waals surface area (Å²) in [5.41, 5.74) is 2.27. The first-order chi connectivity index (χ1) is 10.7. The molecule has 5 heteroatoms. The molecule has 22 heavy (non-hydrogen) atoms. The maximum absolute atomic E-state index is 12.1. The summed E-state index contributed by atoms with van der Waals surface area (Å²) in [5.74, 6) is -0.509. The number of esters is 1. The van der Waals surface area contributed by atoms with E-state index in [0.717, 1.165) is 5.52 Å². The highest BCUT2D eigenvalue weighted by Crippen LogP contribution is 2.20. The summed E-state index contributed by atoms with van der Waals surface area (Å²) in [6.45, 7) is 0.0225. The molecule has 0 saturated heterocycles. The molecule has 4 nitrogen and oxygen atoms in total. The number of carbonyl (C=O) groups excluding carboxylic acids is 1. The quantitative estimate of drug-likeness (QED) is 0.691. The molecule has 0 unspecified atom stereocenters. The molecule has 2 aromatic heterocycles. The maximum Gasteiger partial charge on any atom is 0.339 e. The lowest BCUT2D eigenvalue weighted by atomic mass is 10.2. The second-order valence-electron chi connectivity index (χ2n) is 4.69. The predicted molar refractivity (Wildman–Crippen MR) is 82.7 cm³/mol. The molecule has 3 rings (SSSR count). The van der Waals surface area contributed by atoms with E-state index in [1.54, 1.807) is 30.5 Å². The lowest BCUT2D eigenvalue weighted by Crippen LogP contribution is -2.06. The number of aromatic nitrogens is 1. The van der Waals surface area contributed by atoms with Crippen LogP contribution >= 0.6 is 11.6 Å². The zero-order valence-electron chi connectivity index (χ0n) is 11.5. The number of pyridine rings is 1. The van der Waals surface area contributed by atoms with Gasteiger partial charge in [-0.15, -0.1) is 0 Å². The van der Waals surface area contributed by atoms with Gasteiger partial charge in [-0.3, -0.25) is 0 Å². The normalized spacial score (nSPS) is 10.4. The minimum absolute atomic E-state index is 0.0225. The van der Waals surface area contributed by atoms with Gasteiger partial charge in [-0.05, 0) is 24.3 Å². The second-order valence-corrected chi connectivity index (χ2v) is 5.10. The van der Waals surface area contributed by atoms with Gasteiger partial charge in [0.1, 0.15) is 12.7 Å². The van der Waals surface area contributed by atoms with Crippen LogP contribution in [0.15, 0.2) is 54.9 Å². The molecule has 0 aliphatic rings. The summed E-state index contributed by atoms with van der Waals surface area (Å²) in [7, 11) is 0. The average molecular weight is 311 g/mol. The van der Waals surface area contributed by atoms with E-state index >= 15 is 0 Å². The van der Waals surface area contributed by atoms with Gasteiger partial charge in [0.25, 0.3) is 0 Å². The highest BCUT2D eigenvalue weighted by molar-refractivity contribution is 6.33. The lowest BCUT2D eigenvalue weighted by Gasteiger charge is -2.05. The maximum atomic E-state index is 12.1. The Morgan fingerprint density at radius 3 is 2.77 bits per heavy atom. The number of halogens is 1. The number of nitriles is 1. The Labute approximate surface area is 132 Å². The van der Waals surface area contributed by atoms with E-state index in [1.165, 1.54) is 0 Å². The van der Waals surface area contributed by atoms with E-state index in [4.69, 9.17) is 16.3 Å². The molecule has 0 aliphatic carbocycles. The van der Waals surface area contributed by atoms with Crippen molar-refractivity contribution in [2.24, 2.45) is 0 Å². The average Bonchev–Trinajstić information content (AvgIpc) is 2.90. The number of hydrogen-bond acceptors (Lipinski definition) is 3. The number of nitrogens with zero attached hydrogens (tertiary/aromatic N) is 2. The smallest absolute Gasteiger partial charge is 0.339 e. The highest BCUT2D eigenvalue weighted by Gasteiger charge is 2.14. The van der Waals surface area contributed by atoms with Crippen molar-refractivity contribution in [3.63, 3.8) is 0 Å². The van der Waals surface area contributed by atoms with Gasteiger partial charge in [0.05, 0.1) is 21.7 Å². The van der Waals surface area contributed by atoms with Crippen molar-refractivity contribution in [3.8, 4) is 6.07 Å². The van der Waals surface area contributed by atoms with E-state index in [-0.39, 0.29) is 6.61 Å². The zero-order chi connectivity index (χ0) is 15.5. The number of fused-ring (bicyclic) bond motifs is 1. The number of benzene rings is 1. The summed E-state index contributed by atoms with van der Waals surface area (Å²) in [4.78, 5) is 12.1. The molecule has 0 spiro atoms. The van der Waals surface area contributed by atoms with Crippen LogP contribution in [0.3, 0.4) is 0 Å². The third-order valence-corrected chi connectivity index (χ3v) is 3.66. The topological polar surface area (TPSA) is 54.5 Å². The minimum Gasteiger partial charge on any atom is -0.457 e. The van der Waals surface area contributed by atoms with Crippen LogP contribution in [-0.4, -0.2) is 10.4 Å². The molecule has 1 aromatic carbocycles. The Bertz CT molecular complexity index is 893. The minimum atomic E-state index is -0.509. The van der Waals surface area contributed by atoms with Crippen molar-refractivity contribution in [3.05, 3.63) is 76.6 Å². The molecule has 0 saturated carbocycles. The second kappa shape index (κ2) is 5.92. The number of rotatable bonds is 3. The van der Waals surface area contributed by atoms with Crippen molar-refractivity contribution in [2.45, 2.75) is 6.61 Å². The van der Waals surface area contributed by atoms with Gasteiger partial charge in [0.15, 0.2) is 0 Å². The predicted octanol–water partition coefficient (Wildman–Crippen LogP) is 3.82. The molecule has 0 radical (unpaired) electrons. The fraction of sp³-hybridized carbons (Fsp3) is 0.0588. The van der Waals surface area contributed by atoms with Gasteiger partial charge in [-0.1, -0.05) is 29.8 Å². The van der Waals surface area contributed by atoms with Gasteiger partial charge >= 0.3 is 5.97 Å². The first-order valence-electron chi connectivity index (χ1n) is 6.61. The van der Waals surface area contributed by atoms with E-state index in [1.807, 2.05) is 28.8 Å². The largest absolute Gasteiger partial charge is 0.457 e. The van der Waals surface area contributed by atoms with Crippen LogP contribution in [0.25, 0.3) is 5.52 Å². The molecule has 108 valence electrons. The van der Waals surface area contributed by atoms with Crippen LogP contribution in [0.2, 0.25) is 5.02 Å². The Hall–Kier alpha value is -2.77. The summed E-state index contributed by atoms with van der Waals surface area (Å²) in [6.07, 6.45) is 3.63. The number of ether oxygens (including phenoxy) is 1. The van der Waals surface area contributed by atoms with Gasteiger partial charge in [0.2, 0.25) is 0 Å². The Kier molecular flexibility index (Phi) is 3.82. The van der Waals surface area contributed by atoms with E-state index in [0.29, 0.717) is 21.7 Å². The molecule has 0 bridgehead atoms. The molecule has 0 fully saturated rings. The Morgan fingerprint density at radius 2 is 2.00 bits per heavy atom. The number of carbonyl (C=O) groups is 1. The standard InChI is InChI=1S/C17H11ClN2O2/c18-15-6-2-1-5-13(15)17(21)22-11-12-10-20-8-4-3-7-16(20)14(12)9-19/h1-8,10H,11H2. The van der Waals surface area contributed by atoms with E-state index < -0.39 is 5.97 Å². The van der Waals surface area contributed by atoms with Crippen molar-refractivity contribution < 1.29 is 9.53 Å². The van der Waals surface area contributed by atoms with Crippen LogP contribution in [0.4, 0.5) is 0 Å². The van der Waals surface area contributed by atoms with Crippen molar-refractivity contribution in [2.75, 3.05) is 0 Å². The van der Waals surface area contributed by atoms with Crippen molar-refractivity contribution in [1.29, 1.82) is 5.26 Å². The summed E-state index contributed by atoms with van der Waals surface area (Å²) >= 11 is 5.97. The SMILES string of the molecule is N#Cc1c(COC(=O)c2ccccc2Cl)cn2ccccc12. The van der Waals surface area contributed by atoms with Crippen LogP contribution in [0.5, 0.6) is 0 Å². The van der Waals surface area contributed by atoms with E-state index in [2.05, 4.69) is 6.07 Å². The number of hydrogen-bond donors (Lipinski definition) is 0. The van der Waals surface area contributed by atoms with Crippen LogP contribution < -0.4 is 0 Å². The molecular formula is C17H11ClN2O2. The first kappa shape index (κ1) is 14.2. The lowest BCUT2D eigenvalue weighted by molar-refractivity contribution is 0.0473. The van der Waals surface area contributed by atoms with E-state index in [9.17, 15) is 10.1 Å². The highest BCUT2D eigenvalue weighted by atomic mass is 35.5. The summed E-state index contributed by atoms with van der Waals surface area (Å²) in [6, 6.07) is 14.4. The molecular weight excluding hydrogens is 300 g/mol. The van der Waals surface area contributed by atoms with Gasteiger partial charge in [0, 0.05) is 18.0 Å². The molecule has 0 atom stereocenters. The third kappa shape index (κ3) is 2.54. The first-order valence-corrected chi connectivity index (χ1v) is 6.99. The Balaban J connectivity index is 1.84. The van der Waals surface area contributed by atoms with Gasteiger partial charge in [-0.2, -0.15) is 5.26 Å². The zero-order valence-corrected chi connectivity index (χ0v) is 12.2. The van der Waals surface area contributed by atoms with Crippen molar-refractivity contribution >= 4 is 23.1 Å². The fourth-order valence-corrected chi connectivity index (χ4v) is 2.48. The fourth-order valence-electron chi connectivity index (χ4n) is 2.26. The molecule has 0 amide bonds. The van der Waals surface area contributed by atoms with Crippen molar-refractivity contribution in [1.82, 2.24) is 4.40 Å². The molecule has 3 aromatic rings. The van der Waals surface area contributed by atoms with Crippen LogP contribution in [0.1, 0.15) is 21.5 Å². The summed E-state index contributed by atoms with van der Waals surface area (Å²) < 4.78 is 7.11. The summed E-state index contributed by atoms with van der Waals surface area (Å²) in [5, 5.41) is 9.65. The molecule has 0 N–H and O–H groups in total. The third-order valence-electron chi connectivity index (χ3n) is 3.33. The van der Waals surface area contributed by atoms with Crippen LogP contribution in [-0.2, 0) is 11.3 Å². The monoisotopic (exact) mass is 310 g/mol.